The number of nitrogens with zero attached hydrogens (tertiary/aromatic N) is 3. The van der Waals surface area contributed by atoms with Crippen LogP contribution in [0.1, 0.15) is 5.56 Å². The fourth-order valence-electron chi connectivity index (χ4n) is 7.21. The Bertz CT molecular complexity index is 2820. The molecule has 210 valence electrons. The molecule has 0 fully saturated rings. The molecule has 0 atom stereocenters. The van der Waals surface area contributed by atoms with Crippen molar-refractivity contribution in [3.63, 3.8) is 0 Å². The van der Waals surface area contributed by atoms with Gasteiger partial charge < -0.3 is 0 Å². The molecule has 0 amide bonds. The van der Waals surface area contributed by atoms with Gasteiger partial charge >= 0.3 is 0 Å². The van der Waals surface area contributed by atoms with Crippen LogP contribution in [0.25, 0.3) is 91.6 Å². The van der Waals surface area contributed by atoms with E-state index >= 15 is 0 Å². The third kappa shape index (κ3) is 3.51. The van der Waals surface area contributed by atoms with Crippen LogP contribution in [0.4, 0.5) is 0 Å². The van der Waals surface area contributed by atoms with Crippen LogP contribution in [0.2, 0.25) is 0 Å². The van der Waals surface area contributed by atoms with E-state index in [1.807, 2.05) is 11.3 Å². The van der Waals surface area contributed by atoms with Gasteiger partial charge in [0, 0.05) is 47.3 Å². The number of benzene rings is 7. The van der Waals surface area contributed by atoms with E-state index in [2.05, 4.69) is 145 Å². The van der Waals surface area contributed by atoms with Crippen LogP contribution in [-0.4, -0.2) is 14.5 Å². The van der Waals surface area contributed by atoms with Gasteiger partial charge in [0.2, 0.25) is 5.95 Å². The van der Waals surface area contributed by atoms with E-state index in [1.54, 1.807) is 0 Å². The van der Waals surface area contributed by atoms with E-state index in [0.29, 0.717) is 5.95 Å². The van der Waals surface area contributed by atoms with Crippen LogP contribution >= 0.6 is 11.3 Å². The number of rotatable bonds is 2. The zero-order valence-corrected chi connectivity index (χ0v) is 25.3. The Labute approximate surface area is 262 Å². The smallest absolute Gasteiger partial charge is 0.235 e. The van der Waals surface area contributed by atoms with Gasteiger partial charge in [-0.05, 0) is 47.3 Å². The second-order valence-electron chi connectivity index (χ2n) is 11.9. The van der Waals surface area contributed by atoms with Gasteiger partial charge in [-0.1, -0.05) is 115 Å². The van der Waals surface area contributed by atoms with Gasteiger partial charge in [0.1, 0.15) is 0 Å². The summed E-state index contributed by atoms with van der Waals surface area (Å²) in [6, 6.07) is 48.1. The predicted molar refractivity (Wildman–Crippen MR) is 192 cm³/mol. The molecule has 0 saturated heterocycles. The number of fused-ring (bicyclic) bond motifs is 12. The summed E-state index contributed by atoms with van der Waals surface area (Å²) in [5.41, 5.74) is 6.43. The minimum absolute atomic E-state index is 0.683. The molecule has 0 spiro atoms. The minimum Gasteiger partial charge on any atom is -0.277 e. The number of para-hydroxylation sites is 2. The maximum absolute atomic E-state index is 5.33. The molecule has 0 saturated carbocycles. The Balaban J connectivity index is 1.34. The lowest BCUT2D eigenvalue weighted by molar-refractivity contribution is 1.02. The Hall–Kier alpha value is -5.58. The summed E-state index contributed by atoms with van der Waals surface area (Å²) in [6.45, 7) is 2.12. The molecule has 10 aromatic rings. The van der Waals surface area contributed by atoms with Crippen molar-refractivity contribution in [1.29, 1.82) is 0 Å². The van der Waals surface area contributed by atoms with Crippen molar-refractivity contribution in [2.24, 2.45) is 0 Å². The van der Waals surface area contributed by atoms with E-state index < -0.39 is 0 Å². The SMILES string of the molecule is Cc1ccc(-c2nc(-n3c4ccccc4c4ccc5c6ccc7sc8ccccc8c7c6ccc5c43)nc3ccccc23)cc1. The number of aryl methyl sites for hydroxylation is 1. The topological polar surface area (TPSA) is 30.7 Å². The van der Waals surface area contributed by atoms with Crippen LogP contribution in [0.15, 0.2) is 133 Å². The third-order valence-corrected chi connectivity index (χ3v) is 10.4. The Morgan fingerprint density at radius 3 is 2.00 bits per heavy atom. The fourth-order valence-corrected chi connectivity index (χ4v) is 8.33. The average Bonchev–Trinajstić information content (AvgIpc) is 3.64. The molecule has 3 aromatic heterocycles. The third-order valence-electron chi connectivity index (χ3n) is 9.28. The monoisotopic (exact) mass is 591 g/mol. The van der Waals surface area contributed by atoms with E-state index in [1.165, 1.54) is 58.1 Å². The molecule has 0 N–H and O–H groups in total. The summed E-state index contributed by atoms with van der Waals surface area (Å²) in [5.74, 6) is 0.683. The Morgan fingerprint density at radius 1 is 0.489 bits per heavy atom. The zero-order chi connectivity index (χ0) is 29.6. The molecule has 0 aliphatic heterocycles. The highest BCUT2D eigenvalue weighted by Gasteiger charge is 2.20. The first-order valence-electron chi connectivity index (χ1n) is 15.3. The lowest BCUT2D eigenvalue weighted by atomic mass is 9.97. The standard InChI is InChI=1S/C41H25N3S/c1-24-14-16-25(17-15-24)39-32-9-2-5-11-34(32)42-41(43-39)44-35-12-6-3-8-28(35)31-20-18-27-26-22-23-37-38(29(26)19-21-30(27)40(31)44)33-10-4-7-13-36(33)45-37/h2-23H,1H3. The maximum Gasteiger partial charge on any atom is 0.235 e. The zero-order valence-electron chi connectivity index (χ0n) is 24.5. The lowest BCUT2D eigenvalue weighted by Gasteiger charge is -2.13. The molecule has 45 heavy (non-hydrogen) atoms. The quantitative estimate of drug-likeness (QED) is 0.187. The van der Waals surface area contributed by atoms with Crippen molar-refractivity contribution in [2.45, 2.75) is 6.92 Å². The average molecular weight is 592 g/mol. The normalized spacial score (nSPS) is 12.1. The van der Waals surface area contributed by atoms with Gasteiger partial charge in [0.15, 0.2) is 0 Å². The Morgan fingerprint density at radius 2 is 1.13 bits per heavy atom. The number of thiophene rings is 1. The maximum atomic E-state index is 5.33. The van der Waals surface area contributed by atoms with Gasteiger partial charge in [-0.25, -0.2) is 9.97 Å². The summed E-state index contributed by atoms with van der Waals surface area (Å²) in [7, 11) is 0. The van der Waals surface area contributed by atoms with E-state index in [0.717, 1.165) is 33.2 Å². The van der Waals surface area contributed by atoms with E-state index in [4.69, 9.17) is 9.97 Å². The number of hydrogen-bond acceptors (Lipinski definition) is 3. The minimum atomic E-state index is 0.683. The van der Waals surface area contributed by atoms with Crippen LogP contribution in [0.3, 0.4) is 0 Å². The predicted octanol–water partition coefficient (Wildman–Crippen LogP) is 11.4. The summed E-state index contributed by atoms with van der Waals surface area (Å²) < 4.78 is 4.93. The first-order valence-corrected chi connectivity index (χ1v) is 16.1. The first kappa shape index (κ1) is 24.8. The second-order valence-corrected chi connectivity index (χ2v) is 12.9. The van der Waals surface area contributed by atoms with Crippen molar-refractivity contribution in [1.82, 2.24) is 14.5 Å². The molecule has 0 bridgehead atoms. The highest BCUT2D eigenvalue weighted by molar-refractivity contribution is 7.26. The van der Waals surface area contributed by atoms with Gasteiger partial charge in [0.05, 0.1) is 22.2 Å². The molecule has 0 unspecified atom stereocenters. The van der Waals surface area contributed by atoms with Crippen LogP contribution in [0.5, 0.6) is 0 Å². The van der Waals surface area contributed by atoms with E-state index in [-0.39, 0.29) is 0 Å². The highest BCUT2D eigenvalue weighted by Crippen LogP contribution is 2.43. The van der Waals surface area contributed by atoms with Gasteiger partial charge in [-0.15, -0.1) is 11.3 Å². The van der Waals surface area contributed by atoms with Crippen LogP contribution in [0, 0.1) is 6.92 Å². The molecule has 4 heteroatoms. The van der Waals surface area contributed by atoms with Crippen molar-refractivity contribution >= 4 is 85.8 Å². The van der Waals surface area contributed by atoms with Crippen molar-refractivity contribution in [2.75, 3.05) is 0 Å². The van der Waals surface area contributed by atoms with Crippen LogP contribution < -0.4 is 0 Å². The summed E-state index contributed by atoms with van der Waals surface area (Å²) >= 11 is 1.87. The molecule has 0 aliphatic carbocycles. The van der Waals surface area contributed by atoms with Gasteiger partial charge in [0.25, 0.3) is 0 Å². The number of hydrogen-bond donors (Lipinski definition) is 0. The first-order chi connectivity index (χ1) is 22.2. The molecular weight excluding hydrogens is 567 g/mol. The van der Waals surface area contributed by atoms with Crippen LogP contribution in [-0.2, 0) is 0 Å². The summed E-state index contributed by atoms with van der Waals surface area (Å²) in [4.78, 5) is 10.5. The summed E-state index contributed by atoms with van der Waals surface area (Å²) in [6.07, 6.45) is 0. The summed E-state index contributed by atoms with van der Waals surface area (Å²) in [5, 5.41) is 11.1. The molecule has 3 heterocycles. The molecule has 10 rings (SSSR count). The Kier molecular flexibility index (Phi) is 5.08. The second kappa shape index (κ2) is 9.21. The largest absolute Gasteiger partial charge is 0.277 e. The molecule has 0 radical (unpaired) electrons. The van der Waals surface area contributed by atoms with Crippen molar-refractivity contribution in [3.05, 3.63) is 139 Å². The highest BCUT2D eigenvalue weighted by atomic mass is 32.1. The fraction of sp³-hybridized carbons (Fsp3) is 0.0244. The molecular formula is C41H25N3S. The molecule has 3 nitrogen and oxygen atoms in total. The van der Waals surface area contributed by atoms with E-state index in [9.17, 15) is 0 Å². The molecule has 0 aliphatic rings. The van der Waals surface area contributed by atoms with Crippen molar-refractivity contribution < 1.29 is 0 Å². The molecule has 7 aromatic carbocycles. The van der Waals surface area contributed by atoms with Gasteiger partial charge in [-0.3, -0.25) is 4.57 Å². The number of aromatic nitrogens is 3. The van der Waals surface area contributed by atoms with Gasteiger partial charge in [-0.2, -0.15) is 0 Å². The van der Waals surface area contributed by atoms with Crippen molar-refractivity contribution in [3.8, 4) is 17.2 Å². The lowest BCUT2D eigenvalue weighted by Crippen LogP contribution is -2.03.